The van der Waals surface area contributed by atoms with Crippen LogP contribution in [0.15, 0.2) is 38.4 Å². The van der Waals surface area contributed by atoms with Gasteiger partial charge in [0.1, 0.15) is 6.26 Å². The Balaban J connectivity index is 2.30. The van der Waals surface area contributed by atoms with Crippen molar-refractivity contribution in [2.45, 2.75) is 24.9 Å². The third kappa shape index (κ3) is 3.91. The number of sulfonamides is 1. The average molecular weight is 374 g/mol. The number of aryl methyl sites for hydroxylation is 1. The van der Waals surface area contributed by atoms with Crippen molar-refractivity contribution >= 4 is 26.0 Å². The fourth-order valence-corrected chi connectivity index (χ4v) is 3.95. The van der Waals surface area contributed by atoms with Gasteiger partial charge in [-0.05, 0) is 47.1 Å². The second kappa shape index (κ2) is 6.69. The standard InChI is InChI=1S/C13H16BrN3O3S/c1-9-5-10(7-15-2)6-12(13(9)14)21(18,19)16-8-11-3-4-20-17-11/h3-6,15-16H,7-8H2,1-2H3. The lowest BCUT2D eigenvalue weighted by Crippen LogP contribution is -2.24. The zero-order valence-electron chi connectivity index (χ0n) is 11.7. The van der Waals surface area contributed by atoms with Crippen LogP contribution in [-0.4, -0.2) is 20.6 Å². The summed E-state index contributed by atoms with van der Waals surface area (Å²) in [5.74, 6) is 0. The molecule has 2 aromatic rings. The molecule has 0 amide bonds. The van der Waals surface area contributed by atoms with Crippen molar-refractivity contribution in [3.63, 3.8) is 0 Å². The monoisotopic (exact) mass is 373 g/mol. The summed E-state index contributed by atoms with van der Waals surface area (Å²) in [6.07, 6.45) is 1.40. The molecule has 0 unspecified atom stereocenters. The van der Waals surface area contributed by atoms with E-state index >= 15 is 0 Å². The molecular weight excluding hydrogens is 358 g/mol. The summed E-state index contributed by atoms with van der Waals surface area (Å²) in [5.41, 5.74) is 2.29. The third-order valence-electron chi connectivity index (χ3n) is 2.89. The molecule has 2 N–H and O–H groups in total. The first-order valence-electron chi connectivity index (χ1n) is 6.26. The van der Waals surface area contributed by atoms with Crippen LogP contribution in [0.2, 0.25) is 0 Å². The predicted octanol–water partition coefficient (Wildman–Crippen LogP) is 1.94. The van der Waals surface area contributed by atoms with Crippen molar-refractivity contribution in [1.29, 1.82) is 0 Å². The first-order chi connectivity index (χ1) is 9.94. The number of benzene rings is 1. The highest BCUT2D eigenvalue weighted by Gasteiger charge is 2.20. The summed E-state index contributed by atoms with van der Waals surface area (Å²) >= 11 is 3.35. The van der Waals surface area contributed by atoms with Crippen molar-refractivity contribution in [3.05, 3.63) is 45.8 Å². The largest absolute Gasteiger partial charge is 0.364 e. The molecule has 0 bridgehead atoms. The molecule has 0 fully saturated rings. The minimum absolute atomic E-state index is 0.0839. The van der Waals surface area contributed by atoms with Gasteiger partial charge in [0, 0.05) is 17.1 Å². The summed E-state index contributed by atoms with van der Waals surface area (Å²) in [6, 6.07) is 5.20. The van der Waals surface area contributed by atoms with E-state index in [-0.39, 0.29) is 11.4 Å². The number of nitrogens with zero attached hydrogens (tertiary/aromatic N) is 1. The Morgan fingerprint density at radius 2 is 2.10 bits per heavy atom. The maximum Gasteiger partial charge on any atom is 0.242 e. The van der Waals surface area contributed by atoms with Gasteiger partial charge in [-0.2, -0.15) is 0 Å². The molecule has 114 valence electrons. The Labute approximate surface area is 132 Å². The fraction of sp³-hybridized carbons (Fsp3) is 0.308. The highest BCUT2D eigenvalue weighted by atomic mass is 79.9. The molecule has 0 atom stereocenters. The van der Waals surface area contributed by atoms with Gasteiger partial charge in [-0.1, -0.05) is 11.2 Å². The van der Waals surface area contributed by atoms with Gasteiger partial charge in [0.05, 0.1) is 17.1 Å². The molecule has 6 nitrogen and oxygen atoms in total. The van der Waals surface area contributed by atoms with Crippen molar-refractivity contribution in [2.24, 2.45) is 0 Å². The second-order valence-electron chi connectivity index (χ2n) is 4.57. The molecule has 0 radical (unpaired) electrons. The van der Waals surface area contributed by atoms with E-state index < -0.39 is 10.0 Å². The van der Waals surface area contributed by atoms with Gasteiger partial charge in [0.2, 0.25) is 10.0 Å². The Morgan fingerprint density at radius 1 is 1.33 bits per heavy atom. The minimum Gasteiger partial charge on any atom is -0.364 e. The number of nitrogens with one attached hydrogen (secondary N) is 2. The summed E-state index contributed by atoms with van der Waals surface area (Å²) in [4.78, 5) is 0.219. The van der Waals surface area contributed by atoms with Crippen LogP contribution in [0.25, 0.3) is 0 Å². The minimum atomic E-state index is -3.64. The van der Waals surface area contributed by atoms with Crippen LogP contribution in [-0.2, 0) is 23.1 Å². The number of hydrogen-bond donors (Lipinski definition) is 2. The third-order valence-corrected chi connectivity index (χ3v) is 5.63. The van der Waals surface area contributed by atoms with E-state index in [2.05, 4.69) is 35.6 Å². The first kappa shape index (κ1) is 16.2. The van der Waals surface area contributed by atoms with E-state index in [0.717, 1.165) is 11.1 Å². The van der Waals surface area contributed by atoms with E-state index in [1.54, 1.807) is 12.1 Å². The van der Waals surface area contributed by atoms with Crippen molar-refractivity contribution in [2.75, 3.05) is 7.05 Å². The van der Waals surface area contributed by atoms with Crippen LogP contribution in [0.1, 0.15) is 16.8 Å². The highest BCUT2D eigenvalue weighted by molar-refractivity contribution is 9.10. The normalized spacial score (nSPS) is 11.8. The molecule has 1 aromatic carbocycles. The SMILES string of the molecule is CNCc1cc(C)c(Br)c(S(=O)(=O)NCc2ccon2)c1. The molecule has 1 heterocycles. The molecular formula is C13H16BrN3O3S. The lowest BCUT2D eigenvalue weighted by molar-refractivity contribution is 0.411. The number of rotatable bonds is 6. The van der Waals surface area contributed by atoms with Crippen molar-refractivity contribution < 1.29 is 12.9 Å². The molecule has 0 aliphatic carbocycles. The summed E-state index contributed by atoms with van der Waals surface area (Å²) in [5, 5.41) is 6.69. The second-order valence-corrected chi connectivity index (χ2v) is 7.10. The molecule has 21 heavy (non-hydrogen) atoms. The van der Waals surface area contributed by atoms with Crippen LogP contribution < -0.4 is 10.0 Å². The zero-order chi connectivity index (χ0) is 15.5. The molecule has 1 aromatic heterocycles. The first-order valence-corrected chi connectivity index (χ1v) is 8.54. The van der Waals surface area contributed by atoms with Gasteiger partial charge < -0.3 is 9.84 Å². The Kier molecular flexibility index (Phi) is 5.15. The van der Waals surface area contributed by atoms with Gasteiger partial charge in [-0.15, -0.1) is 0 Å². The number of aromatic nitrogens is 1. The van der Waals surface area contributed by atoms with Crippen LogP contribution in [0.3, 0.4) is 0 Å². The predicted molar refractivity (Wildman–Crippen MR) is 82.2 cm³/mol. The van der Waals surface area contributed by atoms with Crippen LogP contribution in [0, 0.1) is 6.92 Å². The lowest BCUT2D eigenvalue weighted by atomic mass is 10.1. The zero-order valence-corrected chi connectivity index (χ0v) is 14.1. The van der Waals surface area contributed by atoms with Crippen LogP contribution >= 0.6 is 15.9 Å². The molecule has 0 aliphatic heterocycles. The van der Waals surface area contributed by atoms with Crippen molar-refractivity contribution in [1.82, 2.24) is 15.2 Å². The molecule has 0 spiro atoms. The van der Waals surface area contributed by atoms with Gasteiger partial charge >= 0.3 is 0 Å². The Hall–Kier alpha value is -1.22. The smallest absolute Gasteiger partial charge is 0.242 e. The lowest BCUT2D eigenvalue weighted by Gasteiger charge is -2.12. The summed E-state index contributed by atoms with van der Waals surface area (Å²) in [6.45, 7) is 2.54. The van der Waals surface area contributed by atoms with Gasteiger partial charge in [0.25, 0.3) is 0 Å². The maximum absolute atomic E-state index is 12.4. The van der Waals surface area contributed by atoms with Crippen LogP contribution in [0.5, 0.6) is 0 Å². The Morgan fingerprint density at radius 3 is 2.71 bits per heavy atom. The van der Waals surface area contributed by atoms with Gasteiger partial charge in [-0.25, -0.2) is 13.1 Å². The molecule has 8 heteroatoms. The van der Waals surface area contributed by atoms with E-state index in [4.69, 9.17) is 0 Å². The summed E-state index contributed by atoms with van der Waals surface area (Å²) < 4.78 is 32.6. The molecule has 0 aliphatic rings. The molecule has 0 saturated carbocycles. The quantitative estimate of drug-likeness (QED) is 0.808. The van der Waals surface area contributed by atoms with E-state index in [1.807, 2.05) is 20.0 Å². The van der Waals surface area contributed by atoms with Crippen LogP contribution in [0.4, 0.5) is 0 Å². The average Bonchev–Trinajstić information content (AvgIpc) is 2.94. The molecule has 2 rings (SSSR count). The number of halogens is 1. The summed E-state index contributed by atoms with van der Waals surface area (Å²) in [7, 11) is -1.82. The number of hydrogen-bond acceptors (Lipinski definition) is 5. The molecule has 0 saturated heterocycles. The van der Waals surface area contributed by atoms with Gasteiger partial charge in [0.15, 0.2) is 0 Å². The fourth-order valence-electron chi connectivity index (χ4n) is 1.89. The Bertz CT molecular complexity index is 715. The van der Waals surface area contributed by atoms with Gasteiger partial charge in [-0.3, -0.25) is 0 Å². The van der Waals surface area contributed by atoms with E-state index in [9.17, 15) is 8.42 Å². The van der Waals surface area contributed by atoms with E-state index in [1.165, 1.54) is 6.26 Å². The van der Waals surface area contributed by atoms with Crippen molar-refractivity contribution in [3.8, 4) is 0 Å². The van der Waals surface area contributed by atoms with E-state index in [0.29, 0.717) is 16.7 Å². The maximum atomic E-state index is 12.4. The topological polar surface area (TPSA) is 84.2 Å². The highest BCUT2D eigenvalue weighted by Crippen LogP contribution is 2.27.